The summed E-state index contributed by atoms with van der Waals surface area (Å²) in [7, 11) is 0. The van der Waals surface area contributed by atoms with E-state index in [1.165, 1.54) is 0 Å². The molecule has 0 aliphatic carbocycles. The molecule has 0 aromatic heterocycles. The van der Waals surface area contributed by atoms with Crippen molar-refractivity contribution in [3.63, 3.8) is 0 Å². The Hall–Kier alpha value is -3.80. The Kier molecular flexibility index (Phi) is 7.15. The Labute approximate surface area is 172 Å². The van der Waals surface area contributed by atoms with Crippen molar-refractivity contribution in [3.8, 4) is 0 Å². The molecular formula is C23H28N6. The molecule has 2 aliphatic heterocycles. The molecule has 0 amide bonds. The largest absolute Gasteiger partial charge is 0.383 e. The van der Waals surface area contributed by atoms with E-state index >= 15 is 0 Å². The van der Waals surface area contributed by atoms with Gasteiger partial charge in [-0.1, -0.05) is 70.8 Å². The topological polar surface area (TPSA) is 124 Å². The van der Waals surface area contributed by atoms with Gasteiger partial charge in [-0.2, -0.15) is 0 Å². The van der Waals surface area contributed by atoms with E-state index in [1.807, 2.05) is 60.7 Å². The number of hydrogen-bond donors (Lipinski definition) is 4. The molecule has 6 heteroatoms. The molecule has 2 aliphatic rings. The highest BCUT2D eigenvalue weighted by Crippen LogP contribution is 2.24. The van der Waals surface area contributed by atoms with Crippen LogP contribution in [0.25, 0.3) is 10.8 Å². The summed E-state index contributed by atoms with van der Waals surface area (Å²) < 4.78 is 0. The van der Waals surface area contributed by atoms with Gasteiger partial charge in [-0.05, 0) is 22.9 Å². The van der Waals surface area contributed by atoms with E-state index in [1.54, 1.807) is 0 Å². The molecule has 0 spiro atoms. The van der Waals surface area contributed by atoms with Crippen LogP contribution in [0.1, 0.15) is 44.5 Å². The smallest absolute Gasteiger partial charge is 0.154 e. The van der Waals surface area contributed by atoms with Crippen LogP contribution < -0.4 is 11.5 Å². The first-order valence-electron chi connectivity index (χ1n) is 8.03. The molecule has 0 atom stereocenters. The maximum Gasteiger partial charge on any atom is 0.154 e. The number of amidine groups is 4. The predicted molar refractivity (Wildman–Crippen MR) is 126 cm³/mol. The van der Waals surface area contributed by atoms with Gasteiger partial charge in [0.05, 0.1) is 0 Å². The van der Waals surface area contributed by atoms with Gasteiger partial charge in [0.2, 0.25) is 0 Å². The fraction of sp³-hybridized carbons (Fsp3) is 0.130. The van der Waals surface area contributed by atoms with Crippen molar-refractivity contribution < 1.29 is 0 Å². The number of hydrogen-bond acceptors (Lipinski definition) is 4. The lowest BCUT2D eigenvalue weighted by atomic mass is 10.0. The van der Waals surface area contributed by atoms with Crippen LogP contribution in [0.3, 0.4) is 0 Å². The number of fused-ring (bicyclic) bond motifs is 3. The van der Waals surface area contributed by atoms with Gasteiger partial charge in [-0.25, -0.2) is 9.98 Å². The molecule has 0 unspecified atom stereocenters. The van der Waals surface area contributed by atoms with Crippen molar-refractivity contribution in [1.82, 2.24) is 0 Å². The number of nitrogens with zero attached hydrogens (tertiary/aromatic N) is 2. The van der Waals surface area contributed by atoms with Gasteiger partial charge in [0.1, 0.15) is 11.7 Å². The molecule has 0 bridgehead atoms. The molecule has 3 aromatic rings. The second kappa shape index (κ2) is 8.93. The number of aliphatic imine (C=N–C) groups is 2. The lowest BCUT2D eigenvalue weighted by Crippen LogP contribution is -2.10. The molecule has 0 fully saturated rings. The molecule has 0 radical (unpaired) electrons. The van der Waals surface area contributed by atoms with E-state index in [0.717, 1.165) is 33.0 Å². The molecule has 6 N–H and O–H groups in total. The molecule has 0 saturated heterocycles. The summed E-state index contributed by atoms with van der Waals surface area (Å²) >= 11 is 0. The summed E-state index contributed by atoms with van der Waals surface area (Å²) in [5.74, 6) is 1.41. The summed E-state index contributed by atoms with van der Waals surface area (Å²) in [6.45, 7) is 0. The Balaban J connectivity index is 0.000000273. The number of nitrogens with one attached hydrogen (secondary N) is 2. The zero-order valence-corrected chi connectivity index (χ0v) is 13.8. The van der Waals surface area contributed by atoms with Crippen molar-refractivity contribution in [2.45, 2.75) is 22.3 Å². The van der Waals surface area contributed by atoms with E-state index < -0.39 is 0 Å². The Morgan fingerprint density at radius 2 is 0.966 bits per heavy atom. The first kappa shape index (κ1) is 23.2. The second-order valence-corrected chi connectivity index (χ2v) is 5.98. The normalized spacial score (nSPS) is 12.8. The van der Waals surface area contributed by atoms with E-state index in [0.29, 0.717) is 11.7 Å². The SMILES string of the molecule is C.C.C.N=C1N=C(N)c2cc3ccccc3cc21.N=C1N=C(N)c2ccccc21. The highest BCUT2D eigenvalue weighted by Gasteiger charge is 2.18. The van der Waals surface area contributed by atoms with Crippen LogP contribution in [0, 0.1) is 10.8 Å². The third-order valence-electron chi connectivity index (χ3n) is 4.34. The Morgan fingerprint density at radius 1 is 0.552 bits per heavy atom. The van der Waals surface area contributed by atoms with Gasteiger partial charge in [-0.15, -0.1) is 0 Å². The van der Waals surface area contributed by atoms with Crippen LogP contribution in [-0.2, 0) is 0 Å². The van der Waals surface area contributed by atoms with Crippen LogP contribution in [0.4, 0.5) is 0 Å². The van der Waals surface area contributed by atoms with Crippen molar-refractivity contribution in [1.29, 1.82) is 10.8 Å². The van der Waals surface area contributed by atoms with Crippen molar-refractivity contribution in [2.75, 3.05) is 0 Å². The summed E-state index contributed by atoms with van der Waals surface area (Å²) in [6, 6.07) is 19.5. The third-order valence-corrected chi connectivity index (χ3v) is 4.34. The minimum atomic E-state index is 0. The maximum atomic E-state index is 7.67. The summed E-state index contributed by atoms with van der Waals surface area (Å²) in [5.41, 5.74) is 14.7. The Bertz CT molecular complexity index is 1140. The van der Waals surface area contributed by atoms with Crippen LogP contribution in [0.2, 0.25) is 0 Å². The van der Waals surface area contributed by atoms with Gasteiger partial charge in [-0.3, -0.25) is 10.8 Å². The summed E-state index contributed by atoms with van der Waals surface area (Å²) in [5, 5.41) is 17.3. The highest BCUT2D eigenvalue weighted by molar-refractivity contribution is 6.22. The van der Waals surface area contributed by atoms with Gasteiger partial charge in [0, 0.05) is 22.3 Å². The quantitative estimate of drug-likeness (QED) is 0.452. The first-order chi connectivity index (χ1) is 12.5. The summed E-state index contributed by atoms with van der Waals surface area (Å²) in [6.07, 6.45) is 0. The zero-order valence-electron chi connectivity index (χ0n) is 13.8. The minimum absolute atomic E-state index is 0. The van der Waals surface area contributed by atoms with Gasteiger partial charge in [0.15, 0.2) is 11.7 Å². The monoisotopic (exact) mass is 388 g/mol. The van der Waals surface area contributed by atoms with Crippen LogP contribution >= 0.6 is 0 Å². The Morgan fingerprint density at radius 3 is 1.52 bits per heavy atom. The molecule has 5 rings (SSSR count). The van der Waals surface area contributed by atoms with E-state index in [4.69, 9.17) is 22.3 Å². The second-order valence-electron chi connectivity index (χ2n) is 5.98. The fourth-order valence-corrected chi connectivity index (χ4v) is 3.04. The van der Waals surface area contributed by atoms with E-state index in [-0.39, 0.29) is 34.0 Å². The number of benzene rings is 3. The molecule has 2 heterocycles. The zero-order chi connectivity index (χ0) is 18.3. The average molecular weight is 389 g/mol. The first-order valence-corrected chi connectivity index (χ1v) is 8.03. The van der Waals surface area contributed by atoms with Crippen molar-refractivity contribution >= 4 is 34.1 Å². The lowest BCUT2D eigenvalue weighted by molar-refractivity contribution is 1.45. The molecule has 150 valence electrons. The number of nitrogens with two attached hydrogens (primary N) is 2. The maximum absolute atomic E-state index is 7.67. The van der Waals surface area contributed by atoms with Crippen molar-refractivity contribution in [3.05, 3.63) is 82.9 Å². The van der Waals surface area contributed by atoms with E-state index in [9.17, 15) is 0 Å². The molecule has 3 aromatic carbocycles. The molecule has 29 heavy (non-hydrogen) atoms. The summed E-state index contributed by atoms with van der Waals surface area (Å²) in [4.78, 5) is 7.79. The molecular weight excluding hydrogens is 360 g/mol. The highest BCUT2D eigenvalue weighted by atomic mass is 14.9. The molecule has 0 saturated carbocycles. The van der Waals surface area contributed by atoms with Crippen LogP contribution in [-0.4, -0.2) is 23.3 Å². The fourth-order valence-electron chi connectivity index (χ4n) is 3.04. The van der Waals surface area contributed by atoms with Gasteiger partial charge in [0.25, 0.3) is 0 Å². The van der Waals surface area contributed by atoms with Crippen LogP contribution in [0.15, 0.2) is 70.6 Å². The standard InChI is InChI=1S/C12H9N3.C8H7N3.3CH4/c13-11-9-5-7-3-1-2-4-8(7)6-10(9)12(14)15-11;9-7-5-3-1-2-4-6(5)8(10)11-7;;;/h1-6H,(H3,13,14,15);1-4H,(H3,9,10,11);3*1H4. The van der Waals surface area contributed by atoms with Gasteiger partial charge >= 0.3 is 0 Å². The minimum Gasteiger partial charge on any atom is -0.383 e. The van der Waals surface area contributed by atoms with Crippen molar-refractivity contribution in [2.24, 2.45) is 21.5 Å². The number of rotatable bonds is 0. The van der Waals surface area contributed by atoms with E-state index in [2.05, 4.69) is 9.98 Å². The average Bonchev–Trinajstić information content (AvgIpc) is 3.10. The lowest BCUT2D eigenvalue weighted by Gasteiger charge is -2.02. The predicted octanol–water partition coefficient (Wildman–Crippen LogP) is 4.52. The van der Waals surface area contributed by atoms with Crippen LogP contribution in [0.5, 0.6) is 0 Å². The van der Waals surface area contributed by atoms with Gasteiger partial charge < -0.3 is 11.5 Å². The molecule has 6 nitrogen and oxygen atoms in total. The third kappa shape index (κ3) is 4.06.